The maximum Gasteiger partial charge on any atom is 0.266 e. The van der Waals surface area contributed by atoms with Crippen LogP contribution in [0.3, 0.4) is 0 Å². The fourth-order valence-corrected chi connectivity index (χ4v) is 2.26. The molecule has 0 aromatic heterocycles. The van der Waals surface area contributed by atoms with Gasteiger partial charge in [0.25, 0.3) is 5.91 Å². The minimum absolute atomic E-state index is 0.0796. The van der Waals surface area contributed by atoms with Crippen molar-refractivity contribution in [3.63, 3.8) is 0 Å². The van der Waals surface area contributed by atoms with E-state index in [1.54, 1.807) is 18.2 Å². The Kier molecular flexibility index (Phi) is 7.38. The predicted molar refractivity (Wildman–Crippen MR) is 102 cm³/mol. The molecule has 0 spiro atoms. The van der Waals surface area contributed by atoms with Gasteiger partial charge in [-0.2, -0.15) is 5.26 Å². The normalized spacial score (nSPS) is 10.8. The summed E-state index contributed by atoms with van der Waals surface area (Å²) in [6.07, 6.45) is 2.33. The topological polar surface area (TPSA) is 71.3 Å². The van der Waals surface area contributed by atoms with E-state index in [9.17, 15) is 14.4 Å². The van der Waals surface area contributed by atoms with E-state index in [0.29, 0.717) is 36.0 Å². The second-order valence-corrected chi connectivity index (χ2v) is 5.62. The smallest absolute Gasteiger partial charge is 0.266 e. The molecule has 0 saturated heterocycles. The van der Waals surface area contributed by atoms with Gasteiger partial charge in [-0.1, -0.05) is 13.0 Å². The summed E-state index contributed by atoms with van der Waals surface area (Å²) >= 11 is 0. The molecule has 0 heterocycles. The molecule has 0 radical (unpaired) electrons. The van der Waals surface area contributed by atoms with Gasteiger partial charge in [0.15, 0.2) is 11.5 Å². The molecule has 1 amide bonds. The van der Waals surface area contributed by atoms with Crippen molar-refractivity contribution in [1.29, 1.82) is 5.26 Å². The number of halogens is 1. The van der Waals surface area contributed by atoms with Crippen LogP contribution in [0.25, 0.3) is 6.08 Å². The number of benzene rings is 2. The molecule has 6 heteroatoms. The van der Waals surface area contributed by atoms with Crippen LogP contribution in [0, 0.1) is 17.1 Å². The fraction of sp³-hybridized carbons (Fsp3) is 0.238. The lowest BCUT2D eigenvalue weighted by molar-refractivity contribution is -0.112. The third-order valence-electron chi connectivity index (χ3n) is 3.51. The van der Waals surface area contributed by atoms with Crippen LogP contribution in [0.5, 0.6) is 11.5 Å². The molecular weight excluding hydrogens is 347 g/mol. The van der Waals surface area contributed by atoms with Crippen molar-refractivity contribution in [3.05, 3.63) is 59.4 Å². The highest BCUT2D eigenvalue weighted by Gasteiger charge is 2.11. The molecule has 140 valence electrons. The van der Waals surface area contributed by atoms with Crippen molar-refractivity contribution in [3.8, 4) is 17.6 Å². The second-order valence-electron chi connectivity index (χ2n) is 5.62. The maximum absolute atomic E-state index is 12.9. The largest absolute Gasteiger partial charge is 0.490 e. The molecule has 27 heavy (non-hydrogen) atoms. The highest BCUT2D eigenvalue weighted by Crippen LogP contribution is 2.29. The number of ether oxygens (including phenoxy) is 2. The van der Waals surface area contributed by atoms with Crippen LogP contribution in [0.15, 0.2) is 48.0 Å². The summed E-state index contributed by atoms with van der Waals surface area (Å²) in [5.41, 5.74) is 0.956. The van der Waals surface area contributed by atoms with Crippen molar-refractivity contribution in [1.82, 2.24) is 0 Å². The number of carbonyl (C=O) groups excluding carboxylic acids is 1. The first kappa shape index (κ1) is 20.0. The molecular formula is C21H21FN2O3. The van der Waals surface area contributed by atoms with Gasteiger partial charge in [-0.05, 0) is 61.4 Å². The molecule has 0 aliphatic carbocycles. The van der Waals surface area contributed by atoms with E-state index in [4.69, 9.17) is 9.47 Å². The highest BCUT2D eigenvalue weighted by molar-refractivity contribution is 6.09. The number of nitrogens with one attached hydrogen (secondary N) is 1. The van der Waals surface area contributed by atoms with Crippen molar-refractivity contribution < 1.29 is 18.7 Å². The van der Waals surface area contributed by atoms with Gasteiger partial charge in [0.1, 0.15) is 17.5 Å². The molecule has 5 nitrogen and oxygen atoms in total. The summed E-state index contributed by atoms with van der Waals surface area (Å²) in [4.78, 5) is 12.3. The molecule has 2 aromatic carbocycles. The quantitative estimate of drug-likeness (QED) is 0.548. The van der Waals surface area contributed by atoms with E-state index in [2.05, 4.69) is 5.32 Å². The highest BCUT2D eigenvalue weighted by atomic mass is 19.1. The second kappa shape index (κ2) is 9.97. The Hall–Kier alpha value is -3.33. The number of nitrogens with zero attached hydrogens (tertiary/aromatic N) is 1. The van der Waals surface area contributed by atoms with Gasteiger partial charge >= 0.3 is 0 Å². The van der Waals surface area contributed by atoms with Gasteiger partial charge in [0.2, 0.25) is 0 Å². The summed E-state index contributed by atoms with van der Waals surface area (Å²) in [7, 11) is 0. The fourth-order valence-electron chi connectivity index (χ4n) is 2.26. The lowest BCUT2D eigenvalue weighted by atomic mass is 10.1. The summed E-state index contributed by atoms with van der Waals surface area (Å²) in [6, 6.07) is 12.4. The zero-order valence-corrected chi connectivity index (χ0v) is 15.3. The molecule has 0 aliphatic rings. The molecule has 2 aromatic rings. The Balaban J connectivity index is 2.22. The molecule has 0 atom stereocenters. The SMILES string of the molecule is CCCOc1ccc(/C=C(\C#N)C(=O)Nc2ccc(F)cc2)cc1OCC. The van der Waals surface area contributed by atoms with Crippen molar-refractivity contribution in [2.45, 2.75) is 20.3 Å². The van der Waals surface area contributed by atoms with E-state index in [-0.39, 0.29) is 5.57 Å². The molecule has 0 saturated carbocycles. The summed E-state index contributed by atoms with van der Waals surface area (Å²) in [5.74, 6) is 0.187. The first-order valence-corrected chi connectivity index (χ1v) is 8.65. The van der Waals surface area contributed by atoms with Gasteiger partial charge in [-0.15, -0.1) is 0 Å². The lowest BCUT2D eigenvalue weighted by Crippen LogP contribution is -2.13. The summed E-state index contributed by atoms with van der Waals surface area (Å²) in [6.45, 7) is 4.91. The standard InChI is InChI=1S/C21H21FN2O3/c1-3-11-27-19-10-5-15(13-20(19)26-4-2)12-16(14-23)21(25)24-18-8-6-17(22)7-9-18/h5-10,12-13H,3-4,11H2,1-2H3,(H,24,25)/b16-12+. The van der Waals surface area contributed by atoms with E-state index >= 15 is 0 Å². The van der Waals surface area contributed by atoms with E-state index in [0.717, 1.165) is 6.42 Å². The van der Waals surface area contributed by atoms with Crippen molar-refractivity contribution in [2.24, 2.45) is 0 Å². The van der Waals surface area contributed by atoms with Crippen LogP contribution in [0.1, 0.15) is 25.8 Å². The average molecular weight is 368 g/mol. The zero-order chi connectivity index (χ0) is 19.6. The van der Waals surface area contributed by atoms with Crippen LogP contribution in [0.4, 0.5) is 10.1 Å². The Morgan fingerprint density at radius 3 is 2.52 bits per heavy atom. The zero-order valence-electron chi connectivity index (χ0n) is 15.3. The Labute approximate surface area is 158 Å². The Morgan fingerprint density at radius 1 is 1.15 bits per heavy atom. The first-order valence-electron chi connectivity index (χ1n) is 8.65. The van der Waals surface area contributed by atoms with Crippen LogP contribution < -0.4 is 14.8 Å². The Bertz CT molecular complexity index is 855. The van der Waals surface area contributed by atoms with E-state index < -0.39 is 11.7 Å². The number of carbonyl (C=O) groups is 1. The molecule has 0 aliphatic heterocycles. The lowest BCUT2D eigenvalue weighted by Gasteiger charge is -2.12. The van der Waals surface area contributed by atoms with Gasteiger partial charge in [0, 0.05) is 5.69 Å². The number of amides is 1. The Morgan fingerprint density at radius 2 is 1.89 bits per heavy atom. The molecule has 0 unspecified atom stereocenters. The number of rotatable bonds is 8. The van der Waals surface area contributed by atoms with Gasteiger partial charge in [0.05, 0.1) is 13.2 Å². The van der Waals surface area contributed by atoms with Crippen LogP contribution in [-0.2, 0) is 4.79 Å². The van der Waals surface area contributed by atoms with Crippen LogP contribution in [-0.4, -0.2) is 19.1 Å². The van der Waals surface area contributed by atoms with Crippen LogP contribution in [0.2, 0.25) is 0 Å². The van der Waals surface area contributed by atoms with Gasteiger partial charge in [-0.3, -0.25) is 4.79 Å². The maximum atomic E-state index is 12.9. The van der Waals surface area contributed by atoms with Crippen LogP contribution >= 0.6 is 0 Å². The minimum atomic E-state index is -0.576. The molecule has 0 fully saturated rings. The molecule has 0 bridgehead atoms. The van der Waals surface area contributed by atoms with Crippen molar-refractivity contribution >= 4 is 17.7 Å². The molecule has 2 rings (SSSR count). The summed E-state index contributed by atoms with van der Waals surface area (Å²) in [5, 5.41) is 11.9. The first-order chi connectivity index (χ1) is 13.1. The number of hydrogen-bond donors (Lipinski definition) is 1. The van der Waals surface area contributed by atoms with E-state index in [1.807, 2.05) is 19.9 Å². The average Bonchev–Trinajstić information content (AvgIpc) is 2.67. The van der Waals surface area contributed by atoms with Crippen molar-refractivity contribution in [2.75, 3.05) is 18.5 Å². The molecule has 1 N–H and O–H groups in total. The number of hydrogen-bond acceptors (Lipinski definition) is 4. The third-order valence-corrected chi connectivity index (χ3v) is 3.51. The minimum Gasteiger partial charge on any atom is -0.490 e. The predicted octanol–water partition coefficient (Wildman–Crippen LogP) is 4.56. The van der Waals surface area contributed by atoms with Gasteiger partial charge in [-0.25, -0.2) is 4.39 Å². The monoisotopic (exact) mass is 368 g/mol. The number of nitriles is 1. The summed E-state index contributed by atoms with van der Waals surface area (Å²) < 4.78 is 24.2. The van der Waals surface area contributed by atoms with E-state index in [1.165, 1.54) is 30.3 Å². The van der Waals surface area contributed by atoms with Gasteiger partial charge < -0.3 is 14.8 Å². The third kappa shape index (κ3) is 5.86. The number of anilines is 1.